The normalized spacial score (nSPS) is 11.0. The molecule has 0 fully saturated rings. The molecule has 0 saturated heterocycles. The molecule has 0 unspecified atom stereocenters. The fraction of sp³-hybridized carbons (Fsp3) is 0.105. The molecule has 0 amide bonds. The summed E-state index contributed by atoms with van der Waals surface area (Å²) in [6.07, 6.45) is 3.21. The zero-order valence-corrected chi connectivity index (χ0v) is 16.3. The number of imidazole rings is 1. The molecule has 4 rings (SSSR count). The van der Waals surface area contributed by atoms with E-state index in [0.29, 0.717) is 23.2 Å². The standard InChI is InChI=1S/C19H15FN6O3S/c1-2-10-25-16(12-29-14-8-4-3-7-13(14)20)22-23-19(25)30-17-18(26(27)28)24-11-6-5-9-15(24)21-17/h2-9,11H,1,10,12H2. The zero-order valence-electron chi connectivity index (χ0n) is 15.5. The Morgan fingerprint density at radius 1 is 1.23 bits per heavy atom. The van der Waals surface area contributed by atoms with E-state index in [9.17, 15) is 14.5 Å². The average molecular weight is 426 g/mol. The molecule has 0 atom stereocenters. The number of pyridine rings is 1. The van der Waals surface area contributed by atoms with Gasteiger partial charge in [-0.3, -0.25) is 4.57 Å². The molecule has 0 spiro atoms. The largest absolute Gasteiger partial charge is 0.483 e. The molecule has 1 aromatic carbocycles. The van der Waals surface area contributed by atoms with Gasteiger partial charge >= 0.3 is 5.82 Å². The van der Waals surface area contributed by atoms with Crippen molar-refractivity contribution in [1.29, 1.82) is 0 Å². The van der Waals surface area contributed by atoms with E-state index in [2.05, 4.69) is 21.8 Å². The van der Waals surface area contributed by atoms with Crippen LogP contribution in [0.2, 0.25) is 0 Å². The third-order valence-electron chi connectivity index (χ3n) is 4.13. The van der Waals surface area contributed by atoms with E-state index in [0.717, 1.165) is 11.8 Å². The summed E-state index contributed by atoms with van der Waals surface area (Å²) in [6.45, 7) is 4.03. The molecule has 3 heterocycles. The number of para-hydroxylation sites is 1. The van der Waals surface area contributed by atoms with Crippen LogP contribution in [-0.2, 0) is 13.2 Å². The molecule has 152 valence electrons. The van der Waals surface area contributed by atoms with Crippen LogP contribution in [0.3, 0.4) is 0 Å². The van der Waals surface area contributed by atoms with E-state index in [1.807, 2.05) is 0 Å². The third-order valence-corrected chi connectivity index (χ3v) is 5.09. The minimum absolute atomic E-state index is 0.0322. The predicted octanol–water partition coefficient (Wildman–Crippen LogP) is 3.89. The summed E-state index contributed by atoms with van der Waals surface area (Å²) in [6, 6.07) is 11.2. The number of halogens is 1. The number of benzene rings is 1. The van der Waals surface area contributed by atoms with Gasteiger partial charge in [0, 0.05) is 12.6 Å². The Kier molecular flexibility index (Phi) is 5.44. The highest BCUT2D eigenvalue weighted by molar-refractivity contribution is 7.99. The molecule has 3 aromatic heterocycles. The van der Waals surface area contributed by atoms with Crippen LogP contribution in [0.1, 0.15) is 5.82 Å². The van der Waals surface area contributed by atoms with Crippen molar-refractivity contribution in [3.05, 3.63) is 83.1 Å². The molecule has 4 aromatic rings. The van der Waals surface area contributed by atoms with Gasteiger partial charge in [0.2, 0.25) is 10.7 Å². The van der Waals surface area contributed by atoms with Crippen LogP contribution in [0.5, 0.6) is 5.75 Å². The summed E-state index contributed by atoms with van der Waals surface area (Å²) in [7, 11) is 0. The van der Waals surface area contributed by atoms with Crippen molar-refractivity contribution in [2.24, 2.45) is 0 Å². The van der Waals surface area contributed by atoms with Gasteiger partial charge in [0.1, 0.15) is 6.61 Å². The number of hydrogen-bond donors (Lipinski definition) is 0. The Bertz CT molecular complexity index is 1240. The number of rotatable bonds is 8. The maximum Gasteiger partial charge on any atom is 0.362 e. The van der Waals surface area contributed by atoms with Gasteiger partial charge in [-0.15, -0.1) is 16.8 Å². The highest BCUT2D eigenvalue weighted by atomic mass is 32.2. The fourth-order valence-corrected chi connectivity index (χ4v) is 3.75. The van der Waals surface area contributed by atoms with Crippen LogP contribution in [-0.4, -0.2) is 29.1 Å². The number of nitro groups is 1. The van der Waals surface area contributed by atoms with Crippen molar-refractivity contribution in [2.45, 2.75) is 23.3 Å². The summed E-state index contributed by atoms with van der Waals surface area (Å²) in [4.78, 5) is 15.5. The number of fused-ring (bicyclic) bond motifs is 1. The molecule has 0 aliphatic heterocycles. The Balaban J connectivity index is 1.65. The predicted molar refractivity (Wildman–Crippen MR) is 107 cm³/mol. The molecule has 0 saturated carbocycles. The number of aromatic nitrogens is 5. The topological polar surface area (TPSA) is 100 Å². The second-order valence-electron chi connectivity index (χ2n) is 6.05. The van der Waals surface area contributed by atoms with Crippen molar-refractivity contribution in [2.75, 3.05) is 0 Å². The summed E-state index contributed by atoms with van der Waals surface area (Å²) in [5.74, 6) is -0.127. The minimum atomic E-state index is -0.487. The van der Waals surface area contributed by atoms with E-state index in [1.54, 1.807) is 47.2 Å². The molecule has 0 aliphatic rings. The Labute approximate surface area is 174 Å². The highest BCUT2D eigenvalue weighted by Crippen LogP contribution is 2.34. The first-order valence-corrected chi connectivity index (χ1v) is 9.59. The third kappa shape index (κ3) is 3.74. The lowest BCUT2D eigenvalue weighted by Gasteiger charge is -2.09. The number of ether oxygens (including phenoxy) is 1. The molecule has 0 bridgehead atoms. The highest BCUT2D eigenvalue weighted by Gasteiger charge is 2.25. The van der Waals surface area contributed by atoms with Gasteiger partial charge in [0.05, 0.1) is 6.20 Å². The lowest BCUT2D eigenvalue weighted by atomic mass is 10.3. The molecular weight excluding hydrogens is 411 g/mol. The van der Waals surface area contributed by atoms with Crippen LogP contribution < -0.4 is 4.74 Å². The van der Waals surface area contributed by atoms with Crippen molar-refractivity contribution in [3.8, 4) is 5.75 Å². The van der Waals surface area contributed by atoms with Crippen LogP contribution in [0, 0.1) is 15.9 Å². The summed E-state index contributed by atoms with van der Waals surface area (Å²) < 4.78 is 22.4. The second-order valence-corrected chi connectivity index (χ2v) is 7.00. The molecule has 0 radical (unpaired) electrons. The Morgan fingerprint density at radius 2 is 2.03 bits per heavy atom. The van der Waals surface area contributed by atoms with Crippen molar-refractivity contribution in [3.63, 3.8) is 0 Å². The summed E-state index contributed by atoms with van der Waals surface area (Å²) >= 11 is 1.02. The Morgan fingerprint density at radius 3 is 2.80 bits per heavy atom. The fourth-order valence-electron chi connectivity index (χ4n) is 2.80. The summed E-state index contributed by atoms with van der Waals surface area (Å²) in [5, 5.41) is 20.4. The van der Waals surface area contributed by atoms with Crippen LogP contribution in [0.15, 0.2) is 71.5 Å². The lowest BCUT2D eigenvalue weighted by molar-refractivity contribution is -0.393. The molecule has 0 aliphatic carbocycles. The molecule has 0 N–H and O–H groups in total. The lowest BCUT2D eigenvalue weighted by Crippen LogP contribution is -2.08. The van der Waals surface area contributed by atoms with Crippen molar-refractivity contribution < 1.29 is 14.1 Å². The van der Waals surface area contributed by atoms with Gasteiger partial charge in [-0.2, -0.15) is 9.38 Å². The van der Waals surface area contributed by atoms with Gasteiger partial charge in [-0.05, 0) is 34.9 Å². The smallest absolute Gasteiger partial charge is 0.362 e. The van der Waals surface area contributed by atoms with Gasteiger partial charge in [0.25, 0.3) is 0 Å². The van der Waals surface area contributed by atoms with Crippen molar-refractivity contribution >= 4 is 23.2 Å². The Hall–Kier alpha value is -3.73. The number of allylic oxidation sites excluding steroid dienone is 1. The average Bonchev–Trinajstić information content (AvgIpc) is 3.29. The number of hydrogen-bond acceptors (Lipinski definition) is 7. The number of nitrogens with zero attached hydrogens (tertiary/aromatic N) is 6. The maximum absolute atomic E-state index is 13.8. The van der Waals surface area contributed by atoms with E-state index in [4.69, 9.17) is 4.74 Å². The first-order chi connectivity index (χ1) is 14.6. The quantitative estimate of drug-likeness (QED) is 0.239. The summed E-state index contributed by atoms with van der Waals surface area (Å²) in [5.41, 5.74) is 0.449. The van der Waals surface area contributed by atoms with E-state index in [1.165, 1.54) is 16.5 Å². The zero-order chi connectivity index (χ0) is 21.1. The van der Waals surface area contributed by atoms with Gasteiger partial charge in [-0.1, -0.05) is 24.3 Å². The van der Waals surface area contributed by atoms with Crippen LogP contribution in [0.25, 0.3) is 5.65 Å². The molecule has 30 heavy (non-hydrogen) atoms. The first kappa shape index (κ1) is 19.6. The monoisotopic (exact) mass is 426 g/mol. The maximum atomic E-state index is 13.8. The first-order valence-electron chi connectivity index (χ1n) is 8.78. The van der Waals surface area contributed by atoms with E-state index in [-0.39, 0.29) is 23.2 Å². The molecular formula is C19H15FN6O3S. The van der Waals surface area contributed by atoms with Crippen LogP contribution in [0.4, 0.5) is 10.2 Å². The van der Waals surface area contributed by atoms with E-state index < -0.39 is 10.7 Å². The van der Waals surface area contributed by atoms with Gasteiger partial charge in [0.15, 0.2) is 22.5 Å². The van der Waals surface area contributed by atoms with Crippen molar-refractivity contribution in [1.82, 2.24) is 24.1 Å². The second kappa shape index (κ2) is 8.33. The van der Waals surface area contributed by atoms with Gasteiger partial charge < -0.3 is 14.9 Å². The minimum Gasteiger partial charge on any atom is -0.483 e. The molecule has 11 heteroatoms. The SMILES string of the molecule is C=CCn1c(COc2ccccc2F)nnc1Sc1nc2ccccn2c1[N+](=O)[O-]. The van der Waals surface area contributed by atoms with E-state index >= 15 is 0 Å². The van der Waals surface area contributed by atoms with Crippen LogP contribution >= 0.6 is 11.8 Å². The molecule has 9 nitrogen and oxygen atoms in total. The van der Waals surface area contributed by atoms with Gasteiger partial charge in [-0.25, -0.2) is 4.39 Å².